The molecule has 6 nitrogen and oxygen atoms in total. The number of benzene rings is 1. The second kappa shape index (κ2) is 6.84. The standard InChI is InChI=1S/C13H20N2O4S2.ClH/c1-9-3-6-11(20(2,16)17)7-13(9)21(18,19)15-8-12(14)10-4-5-10;/h3,6-7,10,12,15H,4-5,8,14H2,1-2H3;1H. The van der Waals surface area contributed by atoms with E-state index in [0.717, 1.165) is 19.1 Å². The lowest BCUT2D eigenvalue weighted by atomic mass is 10.2. The SMILES string of the molecule is Cc1ccc(S(C)(=O)=O)cc1S(=O)(=O)NCC(N)C1CC1.Cl. The summed E-state index contributed by atoms with van der Waals surface area (Å²) in [6, 6.07) is 3.89. The second-order valence-corrected chi connectivity index (χ2v) is 9.30. The number of nitrogens with two attached hydrogens (primary N) is 1. The first-order valence-electron chi connectivity index (χ1n) is 6.67. The summed E-state index contributed by atoms with van der Waals surface area (Å²) in [6.45, 7) is 1.79. The van der Waals surface area contributed by atoms with Crippen LogP contribution in [0.25, 0.3) is 0 Å². The van der Waals surface area contributed by atoms with Crippen molar-refractivity contribution in [1.29, 1.82) is 0 Å². The van der Waals surface area contributed by atoms with Crippen LogP contribution in [0.3, 0.4) is 0 Å². The fourth-order valence-corrected chi connectivity index (χ4v) is 4.14. The highest BCUT2D eigenvalue weighted by Crippen LogP contribution is 2.31. The van der Waals surface area contributed by atoms with Gasteiger partial charge in [-0.2, -0.15) is 0 Å². The third kappa shape index (κ3) is 4.66. The highest BCUT2D eigenvalue weighted by molar-refractivity contribution is 7.91. The van der Waals surface area contributed by atoms with E-state index in [-0.39, 0.29) is 34.8 Å². The molecule has 0 aliphatic heterocycles. The molecule has 1 unspecified atom stereocenters. The predicted molar refractivity (Wildman–Crippen MR) is 87.4 cm³/mol. The van der Waals surface area contributed by atoms with Crippen molar-refractivity contribution in [1.82, 2.24) is 4.72 Å². The molecule has 0 bridgehead atoms. The van der Waals surface area contributed by atoms with E-state index in [0.29, 0.717) is 11.5 Å². The van der Waals surface area contributed by atoms with Crippen LogP contribution in [0.2, 0.25) is 0 Å². The molecule has 0 saturated heterocycles. The molecule has 0 amide bonds. The zero-order valence-corrected chi connectivity index (χ0v) is 14.9. The van der Waals surface area contributed by atoms with Crippen molar-refractivity contribution in [3.05, 3.63) is 23.8 Å². The third-order valence-corrected chi connectivity index (χ3v) is 6.29. The number of rotatable bonds is 6. The minimum Gasteiger partial charge on any atom is -0.326 e. The highest BCUT2D eigenvalue weighted by atomic mass is 35.5. The molecule has 3 N–H and O–H groups in total. The molecule has 126 valence electrons. The topological polar surface area (TPSA) is 106 Å². The van der Waals surface area contributed by atoms with Crippen LogP contribution in [0.1, 0.15) is 18.4 Å². The van der Waals surface area contributed by atoms with Crippen LogP contribution in [-0.4, -0.2) is 35.7 Å². The predicted octanol–water partition coefficient (Wildman–Crippen LogP) is 0.836. The minimum atomic E-state index is -3.77. The summed E-state index contributed by atoms with van der Waals surface area (Å²) in [5.41, 5.74) is 6.37. The average Bonchev–Trinajstić information content (AvgIpc) is 3.19. The molecule has 1 atom stereocenters. The van der Waals surface area contributed by atoms with Gasteiger partial charge in [-0.1, -0.05) is 6.07 Å². The molecule has 1 aromatic carbocycles. The van der Waals surface area contributed by atoms with Gasteiger partial charge in [0.1, 0.15) is 0 Å². The Labute approximate surface area is 137 Å². The minimum absolute atomic E-state index is 0. The lowest BCUT2D eigenvalue weighted by molar-refractivity contribution is 0.547. The van der Waals surface area contributed by atoms with Crippen molar-refractivity contribution in [2.45, 2.75) is 35.6 Å². The van der Waals surface area contributed by atoms with Crippen molar-refractivity contribution < 1.29 is 16.8 Å². The first kappa shape index (κ1) is 19.4. The van der Waals surface area contributed by atoms with E-state index in [1.54, 1.807) is 6.92 Å². The molecule has 0 heterocycles. The van der Waals surface area contributed by atoms with E-state index in [4.69, 9.17) is 5.73 Å². The molecule has 2 rings (SSSR count). The van der Waals surface area contributed by atoms with Crippen molar-refractivity contribution in [3.8, 4) is 0 Å². The van der Waals surface area contributed by atoms with Crippen molar-refractivity contribution in [3.63, 3.8) is 0 Å². The summed E-state index contributed by atoms with van der Waals surface area (Å²) in [7, 11) is -7.22. The molecule has 0 aromatic heterocycles. The van der Waals surface area contributed by atoms with E-state index in [1.807, 2.05) is 0 Å². The molecular weight excluding hydrogens is 348 g/mol. The molecule has 22 heavy (non-hydrogen) atoms. The summed E-state index contributed by atoms with van der Waals surface area (Å²) in [5.74, 6) is 0.385. The Kier molecular flexibility index (Phi) is 6.02. The fourth-order valence-electron chi connectivity index (χ4n) is 2.08. The fraction of sp³-hybridized carbons (Fsp3) is 0.538. The van der Waals surface area contributed by atoms with Gasteiger partial charge in [0.25, 0.3) is 0 Å². The van der Waals surface area contributed by atoms with Crippen molar-refractivity contribution in [2.24, 2.45) is 11.7 Å². The molecule has 1 saturated carbocycles. The van der Waals surface area contributed by atoms with E-state index < -0.39 is 19.9 Å². The van der Waals surface area contributed by atoms with Gasteiger partial charge < -0.3 is 5.73 Å². The molecule has 1 fully saturated rings. The Balaban J connectivity index is 0.00000242. The van der Waals surface area contributed by atoms with Crippen LogP contribution in [-0.2, 0) is 19.9 Å². The molecule has 0 spiro atoms. The van der Waals surface area contributed by atoms with Crippen LogP contribution < -0.4 is 10.5 Å². The Morgan fingerprint density at radius 3 is 2.36 bits per heavy atom. The Hall–Kier alpha value is -0.670. The summed E-state index contributed by atoms with van der Waals surface area (Å²) in [5, 5.41) is 0. The van der Waals surface area contributed by atoms with Crippen LogP contribution >= 0.6 is 12.4 Å². The normalized spacial score (nSPS) is 16.9. The van der Waals surface area contributed by atoms with Gasteiger partial charge in [-0.3, -0.25) is 0 Å². The maximum Gasteiger partial charge on any atom is 0.240 e. The molecule has 1 aromatic rings. The monoisotopic (exact) mass is 368 g/mol. The summed E-state index contributed by atoms with van der Waals surface area (Å²) in [4.78, 5) is -0.0339. The van der Waals surface area contributed by atoms with E-state index in [2.05, 4.69) is 4.72 Å². The highest BCUT2D eigenvalue weighted by Gasteiger charge is 2.29. The second-order valence-electron chi connectivity index (χ2n) is 5.55. The lowest BCUT2D eigenvalue weighted by Gasteiger charge is -2.14. The number of hydrogen-bond donors (Lipinski definition) is 2. The Bertz CT molecular complexity index is 743. The third-order valence-electron chi connectivity index (χ3n) is 3.61. The van der Waals surface area contributed by atoms with Gasteiger partial charge in [0.2, 0.25) is 10.0 Å². The van der Waals surface area contributed by atoms with Crippen molar-refractivity contribution in [2.75, 3.05) is 12.8 Å². The van der Waals surface area contributed by atoms with Gasteiger partial charge in [0, 0.05) is 18.8 Å². The summed E-state index contributed by atoms with van der Waals surface area (Å²) >= 11 is 0. The van der Waals surface area contributed by atoms with Gasteiger partial charge in [-0.25, -0.2) is 21.6 Å². The van der Waals surface area contributed by atoms with Gasteiger partial charge in [-0.05, 0) is 43.4 Å². The molecule has 1 aliphatic carbocycles. The zero-order valence-electron chi connectivity index (χ0n) is 12.4. The van der Waals surface area contributed by atoms with Crippen LogP contribution in [0.5, 0.6) is 0 Å². The Morgan fingerprint density at radius 2 is 1.86 bits per heavy atom. The molecular formula is C13H21ClN2O4S2. The van der Waals surface area contributed by atoms with E-state index in [1.165, 1.54) is 18.2 Å². The molecule has 9 heteroatoms. The molecule has 1 aliphatic rings. The van der Waals surface area contributed by atoms with E-state index in [9.17, 15) is 16.8 Å². The van der Waals surface area contributed by atoms with Crippen LogP contribution in [0.4, 0.5) is 0 Å². The van der Waals surface area contributed by atoms with Gasteiger partial charge in [0.15, 0.2) is 9.84 Å². The zero-order chi connectivity index (χ0) is 15.8. The van der Waals surface area contributed by atoms with Crippen LogP contribution in [0, 0.1) is 12.8 Å². The summed E-state index contributed by atoms with van der Waals surface area (Å²) in [6.07, 6.45) is 3.11. The molecule has 0 radical (unpaired) electrons. The lowest BCUT2D eigenvalue weighted by Crippen LogP contribution is -2.38. The number of hydrogen-bond acceptors (Lipinski definition) is 5. The maximum atomic E-state index is 12.3. The maximum absolute atomic E-state index is 12.3. The average molecular weight is 369 g/mol. The smallest absolute Gasteiger partial charge is 0.240 e. The number of nitrogens with one attached hydrogen (secondary N) is 1. The largest absolute Gasteiger partial charge is 0.326 e. The van der Waals surface area contributed by atoms with E-state index >= 15 is 0 Å². The summed E-state index contributed by atoms with van der Waals surface area (Å²) < 4.78 is 50.2. The van der Waals surface area contributed by atoms with Crippen molar-refractivity contribution >= 4 is 32.3 Å². The van der Waals surface area contributed by atoms with Gasteiger partial charge in [-0.15, -0.1) is 12.4 Å². The first-order valence-corrected chi connectivity index (χ1v) is 10.0. The number of sulfonamides is 1. The van der Waals surface area contributed by atoms with Gasteiger partial charge in [0.05, 0.1) is 9.79 Å². The number of halogens is 1. The number of aryl methyl sites for hydroxylation is 1. The number of sulfone groups is 1. The van der Waals surface area contributed by atoms with Crippen LogP contribution in [0.15, 0.2) is 28.0 Å². The van der Waals surface area contributed by atoms with Gasteiger partial charge >= 0.3 is 0 Å². The first-order chi connectivity index (χ1) is 9.61. The Morgan fingerprint density at radius 1 is 1.27 bits per heavy atom. The quantitative estimate of drug-likeness (QED) is 0.773.